The molecule has 5 nitrogen and oxygen atoms in total. The number of rotatable bonds is 6. The molecular weight excluding hydrogens is 332 g/mol. The van der Waals surface area contributed by atoms with Crippen molar-refractivity contribution in [3.63, 3.8) is 0 Å². The van der Waals surface area contributed by atoms with Gasteiger partial charge >= 0.3 is 6.61 Å². The highest BCUT2D eigenvalue weighted by atomic mass is 19.3. The Morgan fingerprint density at radius 3 is 2.44 bits per heavy atom. The minimum absolute atomic E-state index is 0.0652. The summed E-state index contributed by atoms with van der Waals surface area (Å²) < 4.78 is 39.4. The van der Waals surface area contributed by atoms with Gasteiger partial charge in [-0.3, -0.25) is 4.79 Å². The minimum Gasteiger partial charge on any atom is -0.486 e. The van der Waals surface area contributed by atoms with Crippen molar-refractivity contribution < 1.29 is 27.8 Å². The van der Waals surface area contributed by atoms with Crippen molar-refractivity contribution >= 4 is 5.91 Å². The Bertz CT molecular complexity index is 734. The van der Waals surface area contributed by atoms with Crippen LogP contribution in [-0.2, 0) is 17.8 Å². The number of fused-ring (bicyclic) bond motifs is 1. The molecule has 0 bridgehead atoms. The molecule has 0 spiro atoms. The van der Waals surface area contributed by atoms with Gasteiger partial charge in [0, 0.05) is 6.54 Å². The van der Waals surface area contributed by atoms with Crippen LogP contribution in [0.25, 0.3) is 0 Å². The van der Waals surface area contributed by atoms with Gasteiger partial charge in [0.25, 0.3) is 0 Å². The molecule has 1 amide bonds. The van der Waals surface area contributed by atoms with Crippen LogP contribution in [0, 0.1) is 0 Å². The maximum absolute atomic E-state index is 12.1. The maximum atomic E-state index is 12.1. The highest BCUT2D eigenvalue weighted by Gasteiger charge is 2.12. The van der Waals surface area contributed by atoms with Crippen LogP contribution in [0.5, 0.6) is 17.2 Å². The van der Waals surface area contributed by atoms with Crippen LogP contribution >= 0.6 is 0 Å². The summed E-state index contributed by atoms with van der Waals surface area (Å²) in [6.45, 7) is -1.46. The van der Waals surface area contributed by atoms with Crippen LogP contribution in [0.4, 0.5) is 8.78 Å². The Labute approximate surface area is 143 Å². The molecule has 0 fully saturated rings. The highest BCUT2D eigenvalue weighted by molar-refractivity contribution is 5.78. The number of amides is 1. The molecule has 0 aliphatic carbocycles. The summed E-state index contributed by atoms with van der Waals surface area (Å²) in [5.41, 5.74) is 1.61. The monoisotopic (exact) mass is 349 g/mol. The second kappa shape index (κ2) is 7.83. The first kappa shape index (κ1) is 17.0. The Balaban J connectivity index is 1.51. The molecule has 1 heterocycles. The van der Waals surface area contributed by atoms with Gasteiger partial charge < -0.3 is 19.5 Å². The van der Waals surface area contributed by atoms with E-state index in [-0.39, 0.29) is 18.1 Å². The van der Waals surface area contributed by atoms with Crippen molar-refractivity contribution in [3.8, 4) is 17.2 Å². The van der Waals surface area contributed by atoms with Gasteiger partial charge in [-0.25, -0.2) is 0 Å². The van der Waals surface area contributed by atoms with E-state index >= 15 is 0 Å². The van der Waals surface area contributed by atoms with Gasteiger partial charge in [-0.15, -0.1) is 0 Å². The average molecular weight is 349 g/mol. The molecule has 0 atom stereocenters. The van der Waals surface area contributed by atoms with Crippen molar-refractivity contribution in [2.75, 3.05) is 13.2 Å². The molecule has 2 aromatic carbocycles. The van der Waals surface area contributed by atoms with E-state index in [0.717, 1.165) is 5.56 Å². The van der Waals surface area contributed by atoms with E-state index in [2.05, 4.69) is 10.1 Å². The number of ether oxygens (including phenoxy) is 3. The molecule has 0 radical (unpaired) electrons. The van der Waals surface area contributed by atoms with Crippen LogP contribution in [-0.4, -0.2) is 25.7 Å². The standard InChI is InChI=1S/C18H17F2NO4/c19-18(20)25-14-4-1-12(2-5-14)10-17(22)21-11-13-3-6-15-16(9-13)24-8-7-23-15/h1-6,9,18H,7-8,10-11H2,(H,21,22). The predicted octanol–water partition coefficient (Wildman–Crippen LogP) is 2.92. The largest absolute Gasteiger partial charge is 0.486 e. The fraction of sp³-hybridized carbons (Fsp3) is 0.278. The van der Waals surface area contributed by atoms with Gasteiger partial charge in [0.2, 0.25) is 5.91 Å². The first-order valence-electron chi connectivity index (χ1n) is 7.79. The van der Waals surface area contributed by atoms with Gasteiger partial charge in [0.05, 0.1) is 6.42 Å². The van der Waals surface area contributed by atoms with Crippen molar-refractivity contribution in [3.05, 3.63) is 53.6 Å². The molecule has 3 rings (SSSR count). The number of hydrogen-bond acceptors (Lipinski definition) is 4. The van der Waals surface area contributed by atoms with E-state index in [1.54, 1.807) is 12.1 Å². The molecule has 2 aromatic rings. The van der Waals surface area contributed by atoms with E-state index in [4.69, 9.17) is 9.47 Å². The Morgan fingerprint density at radius 2 is 1.72 bits per heavy atom. The molecule has 1 aliphatic rings. The predicted molar refractivity (Wildman–Crippen MR) is 86.1 cm³/mol. The number of halogens is 2. The van der Waals surface area contributed by atoms with E-state index in [1.165, 1.54) is 12.1 Å². The maximum Gasteiger partial charge on any atom is 0.387 e. The minimum atomic E-state index is -2.86. The van der Waals surface area contributed by atoms with E-state index in [9.17, 15) is 13.6 Å². The normalized spacial score (nSPS) is 12.8. The summed E-state index contributed by atoms with van der Waals surface area (Å²) in [6, 6.07) is 11.5. The lowest BCUT2D eigenvalue weighted by molar-refractivity contribution is -0.120. The first-order valence-corrected chi connectivity index (χ1v) is 7.79. The van der Waals surface area contributed by atoms with E-state index in [1.807, 2.05) is 18.2 Å². The molecule has 0 aromatic heterocycles. The van der Waals surface area contributed by atoms with Gasteiger partial charge in [-0.1, -0.05) is 18.2 Å². The average Bonchev–Trinajstić information content (AvgIpc) is 2.61. The van der Waals surface area contributed by atoms with Crippen LogP contribution in [0.15, 0.2) is 42.5 Å². The Kier molecular flexibility index (Phi) is 5.33. The smallest absolute Gasteiger partial charge is 0.387 e. The number of nitrogens with one attached hydrogen (secondary N) is 1. The zero-order chi connectivity index (χ0) is 17.6. The Morgan fingerprint density at radius 1 is 1.04 bits per heavy atom. The number of carbonyl (C=O) groups excluding carboxylic acids is 1. The highest BCUT2D eigenvalue weighted by Crippen LogP contribution is 2.30. The summed E-state index contributed by atoms with van der Waals surface area (Å²) in [4.78, 5) is 12.0. The van der Waals surface area contributed by atoms with Gasteiger partial charge in [0.15, 0.2) is 11.5 Å². The van der Waals surface area contributed by atoms with Crippen molar-refractivity contribution in [1.29, 1.82) is 0 Å². The molecule has 1 aliphatic heterocycles. The molecule has 0 saturated carbocycles. The van der Waals surface area contributed by atoms with Gasteiger partial charge in [-0.05, 0) is 35.4 Å². The van der Waals surface area contributed by atoms with Crippen molar-refractivity contribution in [2.45, 2.75) is 19.6 Å². The van der Waals surface area contributed by atoms with E-state index in [0.29, 0.717) is 36.8 Å². The number of carbonyl (C=O) groups is 1. The summed E-state index contributed by atoms with van der Waals surface area (Å²) in [5.74, 6) is 1.27. The van der Waals surface area contributed by atoms with Crippen LogP contribution in [0.3, 0.4) is 0 Å². The lowest BCUT2D eigenvalue weighted by Gasteiger charge is -2.19. The second-order valence-corrected chi connectivity index (χ2v) is 5.45. The molecule has 0 unspecified atom stereocenters. The topological polar surface area (TPSA) is 56.8 Å². The molecule has 7 heteroatoms. The quantitative estimate of drug-likeness (QED) is 0.871. The number of benzene rings is 2. The third-order valence-corrected chi connectivity index (χ3v) is 3.61. The van der Waals surface area contributed by atoms with Gasteiger partial charge in [-0.2, -0.15) is 8.78 Å². The summed E-state index contributed by atoms with van der Waals surface area (Å²) >= 11 is 0. The summed E-state index contributed by atoms with van der Waals surface area (Å²) in [7, 11) is 0. The van der Waals surface area contributed by atoms with Crippen LogP contribution < -0.4 is 19.5 Å². The lowest BCUT2D eigenvalue weighted by atomic mass is 10.1. The van der Waals surface area contributed by atoms with Crippen LogP contribution in [0.1, 0.15) is 11.1 Å². The molecular formula is C18H17F2NO4. The SMILES string of the molecule is O=C(Cc1ccc(OC(F)F)cc1)NCc1ccc2c(c1)OCCO2. The molecule has 0 saturated heterocycles. The van der Waals surface area contributed by atoms with Gasteiger partial charge in [0.1, 0.15) is 19.0 Å². The third-order valence-electron chi connectivity index (χ3n) is 3.61. The zero-order valence-corrected chi connectivity index (χ0v) is 13.3. The van der Waals surface area contributed by atoms with Crippen LogP contribution in [0.2, 0.25) is 0 Å². The second-order valence-electron chi connectivity index (χ2n) is 5.45. The third kappa shape index (κ3) is 4.82. The number of hydrogen-bond donors (Lipinski definition) is 1. The van der Waals surface area contributed by atoms with E-state index < -0.39 is 6.61 Å². The Hall–Kier alpha value is -2.83. The molecule has 25 heavy (non-hydrogen) atoms. The fourth-order valence-electron chi connectivity index (χ4n) is 2.44. The van der Waals surface area contributed by atoms with Crippen molar-refractivity contribution in [1.82, 2.24) is 5.32 Å². The fourth-order valence-corrected chi connectivity index (χ4v) is 2.44. The first-order chi connectivity index (χ1) is 12.1. The number of alkyl halides is 2. The lowest BCUT2D eigenvalue weighted by Crippen LogP contribution is -2.24. The molecule has 1 N–H and O–H groups in total. The zero-order valence-electron chi connectivity index (χ0n) is 13.3. The summed E-state index contributed by atoms with van der Waals surface area (Å²) in [5, 5.41) is 2.81. The molecule has 132 valence electrons. The summed E-state index contributed by atoms with van der Waals surface area (Å²) in [6.07, 6.45) is 0.152. The van der Waals surface area contributed by atoms with Crippen molar-refractivity contribution in [2.24, 2.45) is 0 Å².